The molecule has 1 saturated heterocycles. The molecular formula is C16H26N2O2. The lowest BCUT2D eigenvalue weighted by Gasteiger charge is -2.39. The Labute approximate surface area is 121 Å². The minimum absolute atomic E-state index is 0.0346. The van der Waals surface area contributed by atoms with Crippen molar-refractivity contribution in [3.8, 4) is 0 Å². The monoisotopic (exact) mass is 278 g/mol. The van der Waals surface area contributed by atoms with Gasteiger partial charge >= 0.3 is 0 Å². The minimum Gasteiger partial charge on any atom is -0.340 e. The molecule has 1 N–H and O–H groups in total. The van der Waals surface area contributed by atoms with E-state index in [0.29, 0.717) is 0 Å². The summed E-state index contributed by atoms with van der Waals surface area (Å²) in [5.74, 6) is 1.08. The van der Waals surface area contributed by atoms with Crippen LogP contribution in [0.15, 0.2) is 0 Å². The van der Waals surface area contributed by atoms with Crippen molar-refractivity contribution in [3.63, 3.8) is 0 Å². The fourth-order valence-electron chi connectivity index (χ4n) is 4.28. The van der Waals surface area contributed by atoms with E-state index in [1.807, 2.05) is 4.90 Å². The summed E-state index contributed by atoms with van der Waals surface area (Å²) < 4.78 is 0. The van der Waals surface area contributed by atoms with Crippen LogP contribution in [-0.4, -0.2) is 35.3 Å². The first-order valence-electron chi connectivity index (χ1n) is 8.30. The Morgan fingerprint density at radius 1 is 1.10 bits per heavy atom. The molecule has 0 aromatic heterocycles. The molecule has 4 nitrogen and oxygen atoms in total. The second-order valence-electron chi connectivity index (χ2n) is 6.86. The van der Waals surface area contributed by atoms with Gasteiger partial charge in [0.15, 0.2) is 0 Å². The summed E-state index contributed by atoms with van der Waals surface area (Å²) >= 11 is 0. The quantitative estimate of drug-likeness (QED) is 0.857. The van der Waals surface area contributed by atoms with Gasteiger partial charge < -0.3 is 10.2 Å². The van der Waals surface area contributed by atoms with Crippen LogP contribution < -0.4 is 5.32 Å². The average Bonchev–Trinajstić information content (AvgIpc) is 3.07. The number of carbonyl (C=O) groups excluding carboxylic acids is 2. The highest BCUT2D eigenvalue weighted by atomic mass is 16.2. The van der Waals surface area contributed by atoms with Crippen molar-refractivity contribution < 1.29 is 9.59 Å². The van der Waals surface area contributed by atoms with E-state index in [-0.39, 0.29) is 18.4 Å². The largest absolute Gasteiger partial charge is 0.340 e. The van der Waals surface area contributed by atoms with E-state index in [1.54, 1.807) is 0 Å². The highest BCUT2D eigenvalue weighted by molar-refractivity contribution is 5.98. The maximum Gasteiger partial charge on any atom is 0.248 e. The van der Waals surface area contributed by atoms with Gasteiger partial charge in [-0.1, -0.05) is 38.5 Å². The molecule has 1 aliphatic heterocycles. The molecule has 4 heteroatoms. The molecule has 0 aromatic rings. The number of carbonyl (C=O) groups is 2. The lowest BCUT2D eigenvalue weighted by molar-refractivity contribution is -0.149. The zero-order valence-corrected chi connectivity index (χ0v) is 12.3. The number of nitrogens with zero attached hydrogens (tertiary/aromatic N) is 1. The minimum atomic E-state index is -0.539. The van der Waals surface area contributed by atoms with E-state index < -0.39 is 5.54 Å². The van der Waals surface area contributed by atoms with Gasteiger partial charge in [-0.3, -0.25) is 9.59 Å². The van der Waals surface area contributed by atoms with Crippen molar-refractivity contribution >= 4 is 11.8 Å². The third-order valence-electron chi connectivity index (χ3n) is 5.38. The Bertz CT molecular complexity index is 382. The predicted octanol–water partition coefficient (Wildman–Crippen LogP) is 2.23. The molecule has 0 unspecified atom stereocenters. The Balaban J connectivity index is 1.54. The van der Waals surface area contributed by atoms with Gasteiger partial charge in [-0.2, -0.15) is 0 Å². The number of amides is 2. The zero-order chi connectivity index (χ0) is 14.0. The Kier molecular flexibility index (Phi) is 3.99. The van der Waals surface area contributed by atoms with E-state index in [4.69, 9.17) is 0 Å². The van der Waals surface area contributed by atoms with Crippen LogP contribution in [0.5, 0.6) is 0 Å². The van der Waals surface area contributed by atoms with Crippen molar-refractivity contribution in [2.75, 3.05) is 13.1 Å². The van der Waals surface area contributed by atoms with E-state index >= 15 is 0 Å². The smallest absolute Gasteiger partial charge is 0.248 e. The summed E-state index contributed by atoms with van der Waals surface area (Å²) in [6.45, 7) is 1.04. The number of rotatable bonds is 4. The van der Waals surface area contributed by atoms with Gasteiger partial charge in [-0.05, 0) is 31.6 Å². The van der Waals surface area contributed by atoms with Crippen LogP contribution in [0.3, 0.4) is 0 Å². The highest BCUT2D eigenvalue weighted by Gasteiger charge is 2.47. The first kappa shape index (κ1) is 13.9. The van der Waals surface area contributed by atoms with Gasteiger partial charge in [0.25, 0.3) is 0 Å². The van der Waals surface area contributed by atoms with Crippen molar-refractivity contribution in [1.29, 1.82) is 0 Å². The molecule has 1 spiro atoms. The van der Waals surface area contributed by atoms with E-state index in [0.717, 1.165) is 44.6 Å². The Hall–Kier alpha value is -1.06. The number of hydrogen-bond donors (Lipinski definition) is 1. The van der Waals surface area contributed by atoms with Gasteiger partial charge in [0, 0.05) is 6.54 Å². The van der Waals surface area contributed by atoms with Crippen LogP contribution in [0, 0.1) is 5.92 Å². The third-order valence-corrected chi connectivity index (χ3v) is 5.38. The first-order chi connectivity index (χ1) is 9.70. The summed E-state index contributed by atoms with van der Waals surface area (Å²) in [4.78, 5) is 26.3. The van der Waals surface area contributed by atoms with Crippen LogP contribution in [0.1, 0.15) is 64.2 Å². The number of hydrogen-bond acceptors (Lipinski definition) is 2. The molecule has 3 fully saturated rings. The van der Waals surface area contributed by atoms with Gasteiger partial charge in [-0.25, -0.2) is 0 Å². The van der Waals surface area contributed by atoms with Crippen LogP contribution >= 0.6 is 0 Å². The Morgan fingerprint density at radius 3 is 2.50 bits per heavy atom. The first-order valence-corrected chi connectivity index (χ1v) is 8.30. The average molecular weight is 278 g/mol. The molecule has 112 valence electrons. The standard InChI is InChI=1S/C16H26N2O2/c19-14-12-18(11-5-8-13-6-1-2-7-13)15(20)16(17-14)9-3-4-10-16/h13H,1-12H2,(H,17,19). The lowest BCUT2D eigenvalue weighted by Crippen LogP contribution is -2.65. The predicted molar refractivity (Wildman–Crippen MR) is 77.1 cm³/mol. The molecule has 3 aliphatic rings. The molecule has 2 aliphatic carbocycles. The molecule has 1 heterocycles. The summed E-state index contributed by atoms with van der Waals surface area (Å²) in [5, 5.41) is 2.97. The van der Waals surface area contributed by atoms with Gasteiger partial charge in [0.05, 0.1) is 6.54 Å². The van der Waals surface area contributed by atoms with Gasteiger partial charge in [0.1, 0.15) is 5.54 Å². The van der Waals surface area contributed by atoms with Gasteiger partial charge in [-0.15, -0.1) is 0 Å². The molecule has 0 bridgehead atoms. The van der Waals surface area contributed by atoms with E-state index in [2.05, 4.69) is 5.32 Å². The molecule has 0 atom stereocenters. The molecular weight excluding hydrogens is 252 g/mol. The second-order valence-corrected chi connectivity index (χ2v) is 6.86. The zero-order valence-electron chi connectivity index (χ0n) is 12.3. The van der Waals surface area contributed by atoms with Crippen molar-refractivity contribution in [2.45, 2.75) is 69.7 Å². The third kappa shape index (κ3) is 2.70. The normalized spacial score (nSPS) is 26.5. The summed E-state index contributed by atoms with van der Waals surface area (Å²) in [6, 6.07) is 0. The molecule has 2 saturated carbocycles. The molecule has 0 radical (unpaired) electrons. The molecule has 3 rings (SSSR count). The summed E-state index contributed by atoms with van der Waals surface area (Å²) in [6.07, 6.45) is 11.5. The SMILES string of the molecule is O=C1CN(CCCC2CCCC2)C(=O)C2(CCCC2)N1. The van der Waals surface area contributed by atoms with Crippen molar-refractivity contribution in [2.24, 2.45) is 5.92 Å². The molecule has 0 aromatic carbocycles. The van der Waals surface area contributed by atoms with Crippen molar-refractivity contribution in [3.05, 3.63) is 0 Å². The second kappa shape index (κ2) is 5.74. The maximum atomic E-state index is 12.6. The van der Waals surface area contributed by atoms with E-state index in [1.165, 1.54) is 32.1 Å². The fourth-order valence-corrected chi connectivity index (χ4v) is 4.28. The van der Waals surface area contributed by atoms with E-state index in [9.17, 15) is 9.59 Å². The fraction of sp³-hybridized carbons (Fsp3) is 0.875. The van der Waals surface area contributed by atoms with Crippen LogP contribution in [0.25, 0.3) is 0 Å². The maximum absolute atomic E-state index is 12.6. The van der Waals surface area contributed by atoms with Crippen molar-refractivity contribution in [1.82, 2.24) is 10.2 Å². The topological polar surface area (TPSA) is 49.4 Å². The molecule has 20 heavy (non-hydrogen) atoms. The highest BCUT2D eigenvalue weighted by Crippen LogP contribution is 2.34. The summed E-state index contributed by atoms with van der Waals surface area (Å²) in [5.41, 5.74) is -0.539. The summed E-state index contributed by atoms with van der Waals surface area (Å²) in [7, 11) is 0. The van der Waals surface area contributed by atoms with Crippen LogP contribution in [-0.2, 0) is 9.59 Å². The number of nitrogens with one attached hydrogen (secondary N) is 1. The number of piperazine rings is 1. The Morgan fingerprint density at radius 2 is 1.80 bits per heavy atom. The molecule has 2 amide bonds. The van der Waals surface area contributed by atoms with Gasteiger partial charge in [0.2, 0.25) is 11.8 Å². The van der Waals surface area contributed by atoms with Crippen LogP contribution in [0.2, 0.25) is 0 Å². The van der Waals surface area contributed by atoms with Crippen LogP contribution in [0.4, 0.5) is 0 Å². The lowest BCUT2D eigenvalue weighted by atomic mass is 9.92.